The van der Waals surface area contributed by atoms with Crippen LogP contribution < -0.4 is 15.4 Å². The van der Waals surface area contributed by atoms with Gasteiger partial charge < -0.3 is 10.1 Å². The molecule has 0 saturated heterocycles. The van der Waals surface area contributed by atoms with Crippen LogP contribution in [-0.2, 0) is 10.0 Å². The Bertz CT molecular complexity index is 1030. The molecule has 7 nitrogen and oxygen atoms in total. The summed E-state index contributed by atoms with van der Waals surface area (Å²) in [6.07, 6.45) is 6.05. The van der Waals surface area contributed by atoms with Crippen LogP contribution in [0.5, 0.6) is 5.75 Å². The molecular formula is C26H37N3O4S2. The molecule has 2 rings (SSSR count). The van der Waals surface area contributed by atoms with Crippen LogP contribution >= 0.6 is 12.2 Å². The van der Waals surface area contributed by atoms with E-state index in [9.17, 15) is 13.2 Å². The van der Waals surface area contributed by atoms with Gasteiger partial charge in [-0.2, -0.15) is 4.31 Å². The molecule has 9 heteroatoms. The number of thiocarbonyl (C=S) groups is 1. The van der Waals surface area contributed by atoms with Crippen molar-refractivity contribution in [3.63, 3.8) is 0 Å². The highest BCUT2D eigenvalue weighted by Gasteiger charge is 2.22. The van der Waals surface area contributed by atoms with Crippen LogP contribution in [0.3, 0.4) is 0 Å². The minimum Gasteiger partial charge on any atom is -0.494 e. The van der Waals surface area contributed by atoms with Crippen molar-refractivity contribution in [2.45, 2.75) is 64.2 Å². The average molecular weight is 520 g/mol. The highest BCUT2D eigenvalue weighted by Crippen LogP contribution is 2.19. The summed E-state index contributed by atoms with van der Waals surface area (Å²) in [4.78, 5) is 12.7. The fourth-order valence-electron chi connectivity index (χ4n) is 3.47. The second-order valence-corrected chi connectivity index (χ2v) is 10.6. The van der Waals surface area contributed by atoms with E-state index in [0.29, 0.717) is 30.9 Å². The zero-order chi connectivity index (χ0) is 25.7. The van der Waals surface area contributed by atoms with Crippen LogP contribution in [0.1, 0.15) is 69.7 Å². The lowest BCUT2D eigenvalue weighted by Gasteiger charge is -2.21. The summed E-state index contributed by atoms with van der Waals surface area (Å²) in [5.41, 5.74) is 1.04. The molecule has 0 radical (unpaired) electrons. The highest BCUT2D eigenvalue weighted by molar-refractivity contribution is 7.89. The van der Waals surface area contributed by atoms with E-state index in [1.807, 2.05) is 13.8 Å². The first-order valence-electron chi connectivity index (χ1n) is 12.3. The van der Waals surface area contributed by atoms with Gasteiger partial charge in [-0.3, -0.25) is 10.1 Å². The van der Waals surface area contributed by atoms with E-state index in [1.165, 1.54) is 17.1 Å². The van der Waals surface area contributed by atoms with Crippen molar-refractivity contribution in [3.05, 3.63) is 54.1 Å². The van der Waals surface area contributed by atoms with Crippen molar-refractivity contribution in [2.75, 3.05) is 25.0 Å². The number of nitrogens with one attached hydrogen (secondary N) is 2. The Morgan fingerprint density at radius 3 is 2.09 bits per heavy atom. The summed E-state index contributed by atoms with van der Waals surface area (Å²) in [5, 5.41) is 5.69. The number of ether oxygens (including phenoxy) is 1. The maximum absolute atomic E-state index is 12.9. The number of carbonyl (C=O) groups excluding carboxylic acids is 1. The van der Waals surface area contributed by atoms with Gasteiger partial charge in [0.1, 0.15) is 5.75 Å². The van der Waals surface area contributed by atoms with Crippen molar-refractivity contribution in [1.29, 1.82) is 0 Å². The minimum absolute atomic E-state index is 0.125. The van der Waals surface area contributed by atoms with Gasteiger partial charge >= 0.3 is 0 Å². The lowest BCUT2D eigenvalue weighted by molar-refractivity contribution is 0.0977. The molecule has 0 atom stereocenters. The summed E-state index contributed by atoms with van der Waals surface area (Å²) in [6, 6.07) is 13.3. The first-order valence-corrected chi connectivity index (χ1v) is 14.1. The monoisotopic (exact) mass is 519 g/mol. The SMILES string of the molecule is CCCCCCOc1ccc(C(=O)NC(=S)Nc2ccc(S(=O)(=O)N(CCC)CCC)cc2)cc1. The molecule has 1 amide bonds. The van der Waals surface area contributed by atoms with Gasteiger partial charge in [0.2, 0.25) is 10.0 Å². The Kier molecular flexibility index (Phi) is 12.2. The van der Waals surface area contributed by atoms with Crippen molar-refractivity contribution in [1.82, 2.24) is 9.62 Å². The summed E-state index contributed by atoms with van der Waals surface area (Å²) >= 11 is 5.25. The molecular weight excluding hydrogens is 482 g/mol. The van der Waals surface area contributed by atoms with Crippen LogP contribution in [0, 0.1) is 0 Å². The van der Waals surface area contributed by atoms with Crippen LogP contribution in [0.15, 0.2) is 53.4 Å². The van der Waals surface area contributed by atoms with Crippen molar-refractivity contribution >= 4 is 38.9 Å². The molecule has 0 unspecified atom stereocenters. The van der Waals surface area contributed by atoms with E-state index in [-0.39, 0.29) is 15.9 Å². The zero-order valence-electron chi connectivity index (χ0n) is 20.9. The molecule has 0 aromatic heterocycles. The van der Waals surface area contributed by atoms with Gasteiger partial charge in [0.05, 0.1) is 11.5 Å². The number of amides is 1. The molecule has 0 bridgehead atoms. The second-order valence-electron chi connectivity index (χ2n) is 8.27. The van der Waals surface area contributed by atoms with Crippen molar-refractivity contribution < 1.29 is 17.9 Å². The number of unbranched alkanes of at least 4 members (excludes halogenated alkanes) is 3. The van der Waals surface area contributed by atoms with Gasteiger partial charge in [-0.05, 0) is 80.0 Å². The number of carbonyl (C=O) groups is 1. The fourth-order valence-corrected chi connectivity index (χ4v) is 5.30. The van der Waals surface area contributed by atoms with Crippen LogP contribution in [-0.4, -0.2) is 43.4 Å². The molecule has 0 saturated carbocycles. The van der Waals surface area contributed by atoms with E-state index in [2.05, 4.69) is 17.6 Å². The summed E-state index contributed by atoms with van der Waals surface area (Å²) < 4.78 is 33.0. The average Bonchev–Trinajstić information content (AvgIpc) is 2.84. The number of anilines is 1. The van der Waals surface area contributed by atoms with Crippen LogP contribution in [0.4, 0.5) is 5.69 Å². The smallest absolute Gasteiger partial charge is 0.257 e. The number of hydrogen-bond donors (Lipinski definition) is 2. The summed E-state index contributed by atoms with van der Waals surface area (Å²) in [7, 11) is -3.55. The van der Waals surface area contributed by atoms with Crippen molar-refractivity contribution in [3.8, 4) is 5.75 Å². The molecule has 0 fully saturated rings. The van der Waals surface area contributed by atoms with E-state index in [1.54, 1.807) is 48.5 Å². The lowest BCUT2D eigenvalue weighted by atomic mass is 10.2. The van der Waals surface area contributed by atoms with Gasteiger partial charge in [-0.15, -0.1) is 0 Å². The van der Waals surface area contributed by atoms with Gasteiger partial charge in [0, 0.05) is 24.3 Å². The first-order chi connectivity index (χ1) is 16.8. The third-order valence-electron chi connectivity index (χ3n) is 5.31. The summed E-state index contributed by atoms with van der Waals surface area (Å²) in [6.45, 7) is 7.71. The van der Waals surface area contributed by atoms with Gasteiger partial charge in [-0.1, -0.05) is 40.0 Å². The molecule has 192 valence electrons. The fraction of sp³-hybridized carbons (Fsp3) is 0.462. The number of sulfonamides is 1. The molecule has 0 heterocycles. The maximum atomic E-state index is 12.9. The number of hydrogen-bond acceptors (Lipinski definition) is 5. The molecule has 35 heavy (non-hydrogen) atoms. The topological polar surface area (TPSA) is 87.7 Å². The standard InChI is InChI=1S/C26H37N3O4S2/c1-4-7-8-9-20-33-23-14-10-21(11-15-23)25(30)28-26(34)27-22-12-16-24(17-13-22)35(31,32)29(18-5-2)19-6-3/h10-17H,4-9,18-20H2,1-3H3,(H2,27,28,30,34). The molecule has 0 aliphatic rings. The highest BCUT2D eigenvalue weighted by atomic mass is 32.2. The van der Waals surface area contributed by atoms with Gasteiger partial charge in [-0.25, -0.2) is 8.42 Å². The normalized spacial score (nSPS) is 11.3. The maximum Gasteiger partial charge on any atom is 0.257 e. The molecule has 0 spiro atoms. The van der Waals surface area contributed by atoms with Gasteiger partial charge in [0.25, 0.3) is 5.91 Å². The van der Waals surface area contributed by atoms with Gasteiger partial charge in [0.15, 0.2) is 5.11 Å². The minimum atomic E-state index is -3.55. The molecule has 0 aliphatic carbocycles. The Balaban J connectivity index is 1.90. The third kappa shape index (κ3) is 9.23. The second kappa shape index (κ2) is 14.8. The molecule has 0 aliphatic heterocycles. The Labute approximate surface area is 215 Å². The quantitative estimate of drug-likeness (QED) is 0.250. The number of nitrogens with zero attached hydrogens (tertiary/aromatic N) is 1. The van der Waals surface area contributed by atoms with E-state index < -0.39 is 10.0 Å². The predicted molar refractivity (Wildman–Crippen MR) is 146 cm³/mol. The van der Waals surface area contributed by atoms with E-state index in [0.717, 1.165) is 31.4 Å². The summed E-state index contributed by atoms with van der Waals surface area (Å²) in [5.74, 6) is 0.385. The third-order valence-corrected chi connectivity index (χ3v) is 7.42. The zero-order valence-corrected chi connectivity index (χ0v) is 22.5. The molecule has 2 N–H and O–H groups in total. The van der Waals surface area contributed by atoms with E-state index >= 15 is 0 Å². The Morgan fingerprint density at radius 2 is 1.51 bits per heavy atom. The number of benzene rings is 2. The molecule has 2 aromatic rings. The van der Waals surface area contributed by atoms with E-state index in [4.69, 9.17) is 17.0 Å². The Hall–Kier alpha value is -2.49. The van der Waals surface area contributed by atoms with Crippen LogP contribution in [0.25, 0.3) is 0 Å². The van der Waals surface area contributed by atoms with Crippen LogP contribution in [0.2, 0.25) is 0 Å². The largest absolute Gasteiger partial charge is 0.494 e. The first kappa shape index (κ1) is 28.7. The predicted octanol–water partition coefficient (Wildman–Crippen LogP) is 5.58. The van der Waals surface area contributed by atoms with Crippen molar-refractivity contribution in [2.24, 2.45) is 0 Å². The Morgan fingerprint density at radius 1 is 0.886 bits per heavy atom. The lowest BCUT2D eigenvalue weighted by Crippen LogP contribution is -2.34. The number of rotatable bonds is 14. The molecule has 2 aromatic carbocycles.